The van der Waals surface area contributed by atoms with Crippen molar-refractivity contribution in [2.45, 2.75) is 18.4 Å². The Balaban J connectivity index is 1.72. The van der Waals surface area contributed by atoms with Gasteiger partial charge in [0.2, 0.25) is 11.6 Å². The summed E-state index contributed by atoms with van der Waals surface area (Å²) >= 11 is 0. The fourth-order valence-electron chi connectivity index (χ4n) is 3.26. The van der Waals surface area contributed by atoms with Gasteiger partial charge in [0, 0.05) is 6.20 Å². The number of nitrogens with one attached hydrogen (secondary N) is 2. The molecule has 2 aromatic carbocycles. The molecule has 0 saturated carbocycles. The number of hydrazine groups is 1. The quantitative estimate of drug-likeness (QED) is 0.264. The van der Waals surface area contributed by atoms with E-state index >= 15 is 0 Å². The maximum Gasteiger partial charge on any atom is 0.355 e. The van der Waals surface area contributed by atoms with Crippen molar-refractivity contribution in [1.29, 1.82) is 0 Å². The molecule has 2 heterocycles. The molecule has 4 rings (SSSR count). The number of rotatable bonds is 9. The Bertz CT molecular complexity index is 1420. The van der Waals surface area contributed by atoms with Crippen molar-refractivity contribution in [1.82, 2.24) is 19.8 Å². The third kappa shape index (κ3) is 5.57. The Morgan fingerprint density at radius 3 is 2.31 bits per heavy atom. The highest BCUT2D eigenvalue weighted by Crippen LogP contribution is 2.36. The van der Waals surface area contributed by atoms with Gasteiger partial charge in [-0.05, 0) is 36.8 Å². The minimum atomic E-state index is -4.02. The predicted octanol–water partition coefficient (Wildman–Crippen LogP) is 3.73. The monoisotopic (exact) mass is 491 g/mol. The summed E-state index contributed by atoms with van der Waals surface area (Å²) in [5, 5.41) is 12.1. The summed E-state index contributed by atoms with van der Waals surface area (Å²) in [4.78, 5) is 27.6. The van der Waals surface area contributed by atoms with Crippen molar-refractivity contribution in [2.24, 2.45) is 0 Å². The van der Waals surface area contributed by atoms with Crippen LogP contribution in [-0.2, 0) is 16.6 Å². The standard InChI is InChI=1S/C23H21N7O4S/c1-17-10-12-19(13-11-17)35(33,34)28-27-22-21(30(31)32)23(26-16-25-22)29(20-9-5-6-14-24-20)15-18-7-3-2-4-8-18/h2-14,16,28H,15H2,1H3,(H,25,26,27). The number of sulfonamides is 1. The van der Waals surface area contributed by atoms with Crippen LogP contribution in [0, 0.1) is 17.0 Å². The largest absolute Gasteiger partial charge is 0.355 e. The summed E-state index contributed by atoms with van der Waals surface area (Å²) in [6.07, 6.45) is 2.68. The molecule has 0 aliphatic rings. The van der Waals surface area contributed by atoms with E-state index in [-0.39, 0.29) is 23.1 Å². The van der Waals surface area contributed by atoms with Gasteiger partial charge < -0.3 is 4.90 Å². The summed E-state index contributed by atoms with van der Waals surface area (Å²) < 4.78 is 25.3. The average Bonchev–Trinajstić information content (AvgIpc) is 2.87. The fourth-order valence-corrected chi connectivity index (χ4v) is 4.11. The first-order chi connectivity index (χ1) is 16.8. The maximum absolute atomic E-state index is 12.7. The van der Waals surface area contributed by atoms with Crippen molar-refractivity contribution < 1.29 is 13.3 Å². The molecule has 0 spiro atoms. The Hall–Kier alpha value is -4.42. The highest BCUT2D eigenvalue weighted by atomic mass is 32.2. The Morgan fingerprint density at radius 2 is 1.66 bits per heavy atom. The van der Waals surface area contributed by atoms with Crippen LogP contribution in [0.3, 0.4) is 0 Å². The van der Waals surface area contributed by atoms with Crippen molar-refractivity contribution in [3.05, 3.63) is 107 Å². The van der Waals surface area contributed by atoms with E-state index in [1.54, 1.807) is 41.4 Å². The van der Waals surface area contributed by atoms with Crippen LogP contribution in [0.15, 0.2) is 90.2 Å². The highest BCUT2D eigenvalue weighted by Gasteiger charge is 2.29. The summed E-state index contributed by atoms with van der Waals surface area (Å²) in [5.41, 5.74) is 3.62. The van der Waals surface area contributed by atoms with Crippen molar-refractivity contribution in [3.63, 3.8) is 0 Å². The minimum Gasteiger partial charge on any atom is -0.301 e. The lowest BCUT2D eigenvalue weighted by atomic mass is 10.2. The highest BCUT2D eigenvalue weighted by molar-refractivity contribution is 7.89. The van der Waals surface area contributed by atoms with E-state index in [4.69, 9.17) is 0 Å². The second kappa shape index (κ2) is 10.2. The Kier molecular flexibility index (Phi) is 6.94. The van der Waals surface area contributed by atoms with Gasteiger partial charge in [-0.2, -0.15) is 0 Å². The number of nitro groups is 1. The third-order valence-electron chi connectivity index (χ3n) is 4.99. The zero-order chi connectivity index (χ0) is 24.8. The van der Waals surface area contributed by atoms with Crippen molar-refractivity contribution >= 4 is 33.2 Å². The number of aryl methyl sites for hydroxylation is 1. The smallest absolute Gasteiger partial charge is 0.301 e. The van der Waals surface area contributed by atoms with Gasteiger partial charge in [0.1, 0.15) is 12.1 Å². The predicted molar refractivity (Wildman–Crippen MR) is 130 cm³/mol. The maximum atomic E-state index is 12.7. The van der Waals surface area contributed by atoms with Gasteiger partial charge in [0.05, 0.1) is 16.4 Å². The normalized spacial score (nSPS) is 11.1. The first-order valence-electron chi connectivity index (χ1n) is 10.4. The van der Waals surface area contributed by atoms with Crippen LogP contribution in [0.2, 0.25) is 0 Å². The molecular formula is C23H21N7O4S. The van der Waals surface area contributed by atoms with Crippen molar-refractivity contribution in [2.75, 3.05) is 10.3 Å². The summed E-state index contributed by atoms with van der Waals surface area (Å²) in [5.74, 6) is 0.0543. The SMILES string of the molecule is Cc1ccc(S(=O)(=O)NNc2ncnc(N(Cc3ccccc3)c3ccccn3)c2[N+](=O)[O-])cc1. The number of hydrogen-bond donors (Lipinski definition) is 2. The van der Waals surface area contributed by atoms with Gasteiger partial charge in [0.15, 0.2) is 0 Å². The first-order valence-corrected chi connectivity index (χ1v) is 11.9. The van der Waals surface area contributed by atoms with Gasteiger partial charge in [-0.1, -0.05) is 54.1 Å². The van der Waals surface area contributed by atoms with Crippen LogP contribution in [0.4, 0.5) is 23.1 Å². The Labute approximate surface area is 201 Å². The summed E-state index contributed by atoms with van der Waals surface area (Å²) in [6, 6.07) is 20.7. The number of aromatic nitrogens is 3. The second-order valence-electron chi connectivity index (χ2n) is 7.45. The van der Waals surface area contributed by atoms with Crippen LogP contribution in [0.5, 0.6) is 0 Å². The number of benzene rings is 2. The number of anilines is 3. The number of nitrogens with zero attached hydrogens (tertiary/aromatic N) is 5. The van der Waals surface area contributed by atoms with E-state index < -0.39 is 20.6 Å². The molecule has 4 aromatic rings. The van der Waals surface area contributed by atoms with Crippen LogP contribution < -0.4 is 15.2 Å². The molecule has 0 atom stereocenters. The molecule has 2 N–H and O–H groups in total. The first kappa shape index (κ1) is 23.7. The molecule has 2 aromatic heterocycles. The molecule has 178 valence electrons. The van der Waals surface area contributed by atoms with Gasteiger partial charge in [0.25, 0.3) is 10.0 Å². The van der Waals surface area contributed by atoms with Crippen LogP contribution in [0.25, 0.3) is 0 Å². The van der Waals surface area contributed by atoms with E-state index in [0.717, 1.165) is 17.5 Å². The molecule has 0 radical (unpaired) electrons. The van der Waals surface area contributed by atoms with Crippen LogP contribution in [-0.4, -0.2) is 28.3 Å². The van der Waals surface area contributed by atoms with E-state index in [0.29, 0.717) is 5.82 Å². The lowest BCUT2D eigenvalue weighted by Gasteiger charge is -2.23. The molecular weight excluding hydrogens is 470 g/mol. The molecule has 0 amide bonds. The van der Waals surface area contributed by atoms with Gasteiger partial charge >= 0.3 is 5.69 Å². The van der Waals surface area contributed by atoms with Crippen LogP contribution in [0.1, 0.15) is 11.1 Å². The molecule has 0 bridgehead atoms. The summed E-state index contributed by atoms with van der Waals surface area (Å²) in [6.45, 7) is 2.06. The molecule has 0 fully saturated rings. The van der Waals surface area contributed by atoms with Crippen molar-refractivity contribution in [3.8, 4) is 0 Å². The zero-order valence-corrected chi connectivity index (χ0v) is 19.4. The molecule has 35 heavy (non-hydrogen) atoms. The number of hydrogen-bond acceptors (Lipinski definition) is 9. The lowest BCUT2D eigenvalue weighted by molar-refractivity contribution is -0.383. The molecule has 11 nitrogen and oxygen atoms in total. The molecule has 12 heteroatoms. The topological polar surface area (TPSA) is 143 Å². The lowest BCUT2D eigenvalue weighted by Crippen LogP contribution is -2.31. The minimum absolute atomic E-state index is 0.00766. The average molecular weight is 492 g/mol. The van der Waals surface area contributed by atoms with Gasteiger partial charge in [-0.25, -0.2) is 23.4 Å². The summed E-state index contributed by atoms with van der Waals surface area (Å²) in [7, 11) is -4.02. The molecule has 0 saturated heterocycles. The fraction of sp³-hybridized carbons (Fsp3) is 0.0870. The van der Waals surface area contributed by atoms with Crippen LogP contribution >= 0.6 is 0 Å². The second-order valence-corrected chi connectivity index (χ2v) is 9.14. The van der Waals surface area contributed by atoms with E-state index in [9.17, 15) is 18.5 Å². The molecule has 0 aliphatic heterocycles. The molecule has 0 unspecified atom stereocenters. The van der Waals surface area contributed by atoms with E-state index in [1.807, 2.05) is 37.3 Å². The van der Waals surface area contributed by atoms with Gasteiger partial charge in [-0.3, -0.25) is 15.5 Å². The zero-order valence-electron chi connectivity index (χ0n) is 18.6. The number of pyridine rings is 1. The third-order valence-corrected chi connectivity index (χ3v) is 6.25. The van der Waals surface area contributed by atoms with E-state index in [1.165, 1.54) is 12.1 Å². The molecule has 0 aliphatic carbocycles. The Morgan fingerprint density at radius 1 is 0.943 bits per heavy atom. The van der Waals surface area contributed by atoms with E-state index in [2.05, 4.69) is 25.2 Å². The van der Waals surface area contributed by atoms with Gasteiger partial charge in [-0.15, -0.1) is 4.83 Å².